The molecule has 10 heteroatoms. The molecule has 3 N–H and O–H groups in total. The Hall–Kier alpha value is -1.32. The van der Waals surface area contributed by atoms with E-state index in [1.807, 2.05) is 28.1 Å². The van der Waals surface area contributed by atoms with Gasteiger partial charge in [0.15, 0.2) is 0 Å². The Kier molecular flexibility index (Phi) is 27.8. The van der Waals surface area contributed by atoms with Gasteiger partial charge in [-0.15, -0.1) is 0 Å². The second-order valence-electron chi connectivity index (χ2n) is 13.4. The first-order chi connectivity index (χ1) is 21.9. The maximum atomic E-state index is 12.7. The SMILES string of the molecule is C/C=C/CC/C=C/CC/C=C/CCCC(O)C(O)C(COP(=O)([O-])OCC[N+](C)(C)C)NC(=O)CCCCCCCCCCCC. The summed E-state index contributed by atoms with van der Waals surface area (Å²) in [5, 5.41) is 24.3. The van der Waals surface area contributed by atoms with E-state index < -0.39 is 32.7 Å². The molecule has 0 saturated carbocycles. The summed E-state index contributed by atoms with van der Waals surface area (Å²) in [6.45, 7) is 4.13. The maximum absolute atomic E-state index is 12.7. The highest BCUT2D eigenvalue weighted by Gasteiger charge is 2.29. The van der Waals surface area contributed by atoms with Crippen molar-refractivity contribution in [2.75, 3.05) is 40.9 Å². The number of hydrogen-bond donors (Lipinski definition) is 3. The number of amides is 1. The minimum atomic E-state index is -4.66. The highest BCUT2D eigenvalue weighted by atomic mass is 31.2. The first-order valence-electron chi connectivity index (χ1n) is 17.9. The topological polar surface area (TPSA) is 128 Å². The lowest BCUT2D eigenvalue weighted by atomic mass is 10.0. The van der Waals surface area contributed by atoms with Gasteiger partial charge < -0.3 is 34.0 Å². The fraction of sp³-hybridized carbons (Fsp3) is 0.806. The molecule has 9 nitrogen and oxygen atoms in total. The number of quaternary nitrogens is 1. The molecule has 0 aliphatic carbocycles. The first kappa shape index (κ1) is 44.7. The number of carbonyl (C=O) groups excluding carboxylic acids is 1. The lowest BCUT2D eigenvalue weighted by Gasteiger charge is -2.31. The van der Waals surface area contributed by atoms with E-state index in [4.69, 9.17) is 9.05 Å². The van der Waals surface area contributed by atoms with Gasteiger partial charge in [-0.3, -0.25) is 9.36 Å². The molecule has 0 heterocycles. The van der Waals surface area contributed by atoms with E-state index in [9.17, 15) is 24.5 Å². The lowest BCUT2D eigenvalue weighted by Crippen LogP contribution is -2.51. The van der Waals surface area contributed by atoms with E-state index in [2.05, 4.69) is 48.7 Å². The molecule has 0 aromatic heterocycles. The van der Waals surface area contributed by atoms with Crippen LogP contribution in [0, 0.1) is 0 Å². The zero-order valence-electron chi connectivity index (χ0n) is 29.9. The van der Waals surface area contributed by atoms with Crippen LogP contribution in [0.15, 0.2) is 36.5 Å². The average Bonchev–Trinajstić information content (AvgIpc) is 2.99. The molecule has 46 heavy (non-hydrogen) atoms. The van der Waals surface area contributed by atoms with Crippen LogP contribution in [0.4, 0.5) is 0 Å². The summed E-state index contributed by atoms with van der Waals surface area (Å²) >= 11 is 0. The van der Waals surface area contributed by atoms with Crippen LogP contribution in [0.3, 0.4) is 0 Å². The summed E-state index contributed by atoms with van der Waals surface area (Å²) in [6, 6.07) is -1.09. The second-order valence-corrected chi connectivity index (χ2v) is 14.8. The average molecular weight is 673 g/mol. The van der Waals surface area contributed by atoms with Crippen LogP contribution in [0.1, 0.15) is 129 Å². The van der Waals surface area contributed by atoms with Crippen molar-refractivity contribution in [3.05, 3.63) is 36.5 Å². The molecule has 0 fully saturated rings. The van der Waals surface area contributed by atoms with E-state index in [1.165, 1.54) is 38.5 Å². The van der Waals surface area contributed by atoms with Gasteiger partial charge >= 0.3 is 0 Å². The number of phosphoric acid groups is 1. The van der Waals surface area contributed by atoms with E-state index in [-0.39, 0.29) is 18.9 Å². The molecule has 0 aromatic rings. The quantitative estimate of drug-likeness (QED) is 0.0309. The van der Waals surface area contributed by atoms with Crippen molar-refractivity contribution in [3.63, 3.8) is 0 Å². The highest BCUT2D eigenvalue weighted by molar-refractivity contribution is 7.45. The Balaban J connectivity index is 4.76. The number of allylic oxidation sites excluding steroid dienone is 6. The van der Waals surface area contributed by atoms with Crippen molar-refractivity contribution in [2.45, 2.75) is 148 Å². The van der Waals surface area contributed by atoms with Crippen molar-refractivity contribution >= 4 is 13.7 Å². The minimum absolute atomic E-state index is 0.0500. The van der Waals surface area contributed by atoms with Crippen LogP contribution in [-0.4, -0.2) is 79.8 Å². The molecule has 270 valence electrons. The maximum Gasteiger partial charge on any atom is 0.268 e. The molecule has 0 radical (unpaired) electrons. The van der Waals surface area contributed by atoms with Gasteiger partial charge in [0.25, 0.3) is 7.82 Å². The van der Waals surface area contributed by atoms with Gasteiger partial charge in [-0.25, -0.2) is 0 Å². The Labute approximate surface area is 281 Å². The third-order valence-electron chi connectivity index (χ3n) is 7.77. The number of nitrogens with zero attached hydrogens (tertiary/aromatic N) is 1. The number of hydrogen-bond acceptors (Lipinski definition) is 7. The Morgan fingerprint density at radius 3 is 1.87 bits per heavy atom. The third kappa shape index (κ3) is 28.9. The molecule has 0 aliphatic rings. The largest absolute Gasteiger partial charge is 0.756 e. The van der Waals surface area contributed by atoms with Crippen LogP contribution in [0.2, 0.25) is 0 Å². The zero-order chi connectivity index (χ0) is 34.5. The normalized spacial score (nSPS) is 15.9. The van der Waals surface area contributed by atoms with Crippen molar-refractivity contribution < 1.29 is 38.0 Å². The molecule has 0 bridgehead atoms. The molecule has 1 amide bonds. The third-order valence-corrected chi connectivity index (χ3v) is 8.74. The molecule has 0 spiro atoms. The summed E-state index contributed by atoms with van der Waals surface area (Å²) in [4.78, 5) is 25.1. The molecule has 0 saturated heterocycles. The Morgan fingerprint density at radius 1 is 0.804 bits per heavy atom. The van der Waals surface area contributed by atoms with Gasteiger partial charge in [0.1, 0.15) is 19.3 Å². The number of aliphatic hydroxyl groups is 2. The molecule has 0 aliphatic heterocycles. The zero-order valence-corrected chi connectivity index (χ0v) is 30.8. The first-order valence-corrected chi connectivity index (χ1v) is 19.3. The van der Waals surface area contributed by atoms with Crippen LogP contribution in [0.5, 0.6) is 0 Å². The number of rotatable bonds is 31. The number of unbranched alkanes of at least 4 members (excludes halogenated alkanes) is 12. The van der Waals surface area contributed by atoms with E-state index >= 15 is 0 Å². The van der Waals surface area contributed by atoms with Gasteiger partial charge in [-0.2, -0.15) is 0 Å². The van der Waals surface area contributed by atoms with Gasteiger partial charge in [0, 0.05) is 6.42 Å². The van der Waals surface area contributed by atoms with Gasteiger partial charge in [0.2, 0.25) is 5.91 Å². The Bertz CT molecular complexity index is 873. The molecule has 4 unspecified atom stereocenters. The molecular weight excluding hydrogens is 603 g/mol. The number of nitrogens with one attached hydrogen (secondary N) is 1. The van der Waals surface area contributed by atoms with Crippen LogP contribution >= 0.6 is 7.82 Å². The van der Waals surface area contributed by atoms with E-state index in [0.29, 0.717) is 30.3 Å². The van der Waals surface area contributed by atoms with E-state index in [1.54, 1.807) is 0 Å². The van der Waals surface area contributed by atoms with Gasteiger partial charge in [-0.05, 0) is 58.3 Å². The summed E-state index contributed by atoms with van der Waals surface area (Å²) in [5.41, 5.74) is 0. The fourth-order valence-corrected chi connectivity index (χ4v) is 5.54. The predicted octanol–water partition coefficient (Wildman–Crippen LogP) is 7.13. The minimum Gasteiger partial charge on any atom is -0.756 e. The molecule has 4 atom stereocenters. The summed E-state index contributed by atoms with van der Waals surface area (Å²) in [7, 11) is 1.09. The monoisotopic (exact) mass is 672 g/mol. The fourth-order valence-electron chi connectivity index (χ4n) is 4.82. The number of carbonyl (C=O) groups is 1. The van der Waals surface area contributed by atoms with E-state index in [0.717, 1.165) is 51.4 Å². The standard InChI is InChI=1S/C36H69N2O7P/c1-6-8-10-12-14-16-18-19-20-22-24-26-28-34(39)36(41)33(32-45-46(42,43)44-31-30-38(3,4)5)37-35(40)29-27-25-23-21-17-15-13-11-9-7-2/h6,8,14,16,20,22,33-34,36,39,41H,7,9-13,15,17-19,21,23-32H2,1-5H3,(H-,37,40,42,43)/b8-6+,16-14+,22-20+. The summed E-state index contributed by atoms with van der Waals surface area (Å²) < 4.78 is 22.9. The van der Waals surface area contributed by atoms with Crippen LogP contribution in [0.25, 0.3) is 0 Å². The van der Waals surface area contributed by atoms with Gasteiger partial charge in [0.05, 0.1) is 39.9 Å². The smallest absolute Gasteiger partial charge is 0.268 e. The van der Waals surface area contributed by atoms with Gasteiger partial charge in [-0.1, -0.05) is 101 Å². The highest BCUT2D eigenvalue weighted by Crippen LogP contribution is 2.38. The molecule has 0 rings (SSSR count). The molecule has 0 aromatic carbocycles. The van der Waals surface area contributed by atoms with Crippen molar-refractivity contribution in [2.24, 2.45) is 0 Å². The number of aliphatic hydroxyl groups excluding tert-OH is 2. The van der Waals surface area contributed by atoms with Crippen molar-refractivity contribution in [1.82, 2.24) is 5.32 Å². The van der Waals surface area contributed by atoms with Crippen molar-refractivity contribution in [1.29, 1.82) is 0 Å². The predicted molar refractivity (Wildman–Crippen MR) is 188 cm³/mol. The number of phosphoric ester groups is 1. The van der Waals surface area contributed by atoms with Crippen molar-refractivity contribution in [3.8, 4) is 0 Å². The summed E-state index contributed by atoms with van der Waals surface area (Å²) in [6.07, 6.45) is 27.8. The number of likely N-dealkylation sites (N-methyl/N-ethyl adjacent to an activating group) is 1. The van der Waals surface area contributed by atoms with Crippen LogP contribution < -0.4 is 10.2 Å². The summed E-state index contributed by atoms with van der Waals surface area (Å²) in [5.74, 6) is -0.301. The lowest BCUT2D eigenvalue weighted by molar-refractivity contribution is -0.870. The molecular formula is C36H69N2O7P. The Morgan fingerprint density at radius 2 is 1.33 bits per heavy atom. The second kappa shape index (κ2) is 28.7. The van der Waals surface area contributed by atoms with Crippen LogP contribution in [-0.2, 0) is 18.4 Å².